The Morgan fingerprint density at radius 1 is 1.60 bits per heavy atom. The number of nitrogens with one attached hydrogen (secondary N) is 1. The molecule has 0 saturated carbocycles. The second-order valence-electron chi connectivity index (χ2n) is 3.22. The van der Waals surface area contributed by atoms with Gasteiger partial charge in [0.25, 0.3) is 0 Å². The Morgan fingerprint density at radius 2 is 2.20 bits per heavy atom. The van der Waals surface area contributed by atoms with Crippen LogP contribution in [0.25, 0.3) is 0 Å². The molecular weight excluding hydrogens is 211 g/mol. The molecule has 1 rings (SSSR count). The van der Waals surface area contributed by atoms with Crippen molar-refractivity contribution in [1.82, 2.24) is 10.2 Å². The molecule has 0 radical (unpaired) electrons. The van der Waals surface area contributed by atoms with Gasteiger partial charge >= 0.3 is 6.18 Å². The number of aromatic amines is 1. The predicted octanol–water partition coefficient (Wildman–Crippen LogP) is 1.20. The first kappa shape index (κ1) is 12.0. The van der Waals surface area contributed by atoms with Crippen LogP contribution >= 0.6 is 0 Å². The molecule has 0 aliphatic heterocycles. The molecule has 1 aromatic rings. The average molecular weight is 223 g/mol. The van der Waals surface area contributed by atoms with Gasteiger partial charge in [-0.3, -0.25) is 5.10 Å². The number of nitrogens with zero attached hydrogens (tertiary/aromatic N) is 1. The fourth-order valence-corrected chi connectivity index (χ4v) is 1.20. The molecule has 0 bridgehead atoms. The molecular formula is C8H12F3N3O. The monoisotopic (exact) mass is 223 g/mol. The molecule has 7 heteroatoms. The molecule has 86 valence electrons. The number of aromatic nitrogens is 2. The first-order chi connectivity index (χ1) is 6.88. The van der Waals surface area contributed by atoms with E-state index in [1.807, 2.05) is 5.10 Å². The quantitative estimate of drug-likeness (QED) is 0.720. The van der Waals surface area contributed by atoms with Gasteiger partial charge in [0.1, 0.15) is 5.69 Å². The third kappa shape index (κ3) is 2.48. The van der Waals surface area contributed by atoms with Crippen molar-refractivity contribution in [3.63, 3.8) is 0 Å². The lowest BCUT2D eigenvalue weighted by Gasteiger charge is -2.17. The molecule has 2 unspecified atom stereocenters. The highest BCUT2D eigenvalue weighted by atomic mass is 19.4. The number of halogens is 3. The van der Waals surface area contributed by atoms with Crippen LogP contribution in [0.2, 0.25) is 0 Å². The number of rotatable bonds is 3. The second kappa shape index (κ2) is 4.19. The molecule has 0 fully saturated rings. The molecule has 0 amide bonds. The molecule has 1 aromatic heterocycles. The van der Waals surface area contributed by atoms with Gasteiger partial charge in [0.2, 0.25) is 0 Å². The van der Waals surface area contributed by atoms with E-state index < -0.39 is 24.0 Å². The van der Waals surface area contributed by atoms with Crippen molar-refractivity contribution >= 4 is 0 Å². The van der Waals surface area contributed by atoms with E-state index in [9.17, 15) is 18.3 Å². The molecule has 0 spiro atoms. The normalized spacial score (nSPS) is 16.4. The molecule has 1 heterocycles. The molecule has 0 aliphatic carbocycles. The Bertz CT molecular complexity index is 323. The minimum absolute atomic E-state index is 0.308. The Hall–Kier alpha value is -1.08. The van der Waals surface area contributed by atoms with E-state index >= 15 is 0 Å². The lowest BCUT2D eigenvalue weighted by molar-refractivity contribution is -0.142. The van der Waals surface area contributed by atoms with Crippen LogP contribution < -0.4 is 5.73 Å². The van der Waals surface area contributed by atoms with E-state index in [4.69, 9.17) is 5.73 Å². The van der Waals surface area contributed by atoms with Gasteiger partial charge in [0.05, 0.1) is 12.3 Å². The highest BCUT2D eigenvalue weighted by Gasteiger charge is 2.38. The predicted molar refractivity (Wildman–Crippen MR) is 46.8 cm³/mol. The summed E-state index contributed by atoms with van der Waals surface area (Å²) < 4.78 is 37.2. The third-order valence-corrected chi connectivity index (χ3v) is 2.15. The molecule has 0 saturated heterocycles. The number of aliphatic hydroxyl groups is 1. The molecule has 15 heavy (non-hydrogen) atoms. The van der Waals surface area contributed by atoms with Crippen molar-refractivity contribution < 1.29 is 18.3 Å². The van der Waals surface area contributed by atoms with Crippen molar-refractivity contribution in [1.29, 1.82) is 0 Å². The fraction of sp³-hybridized carbons (Fsp3) is 0.625. The molecule has 2 atom stereocenters. The van der Waals surface area contributed by atoms with Crippen LogP contribution in [0.1, 0.15) is 30.7 Å². The van der Waals surface area contributed by atoms with E-state index in [-0.39, 0.29) is 5.56 Å². The minimum Gasteiger partial charge on any atom is -0.387 e. The van der Waals surface area contributed by atoms with Crippen LogP contribution in [-0.2, 0) is 6.18 Å². The van der Waals surface area contributed by atoms with E-state index in [0.717, 1.165) is 6.20 Å². The van der Waals surface area contributed by atoms with E-state index in [2.05, 4.69) is 5.10 Å². The van der Waals surface area contributed by atoms with Gasteiger partial charge in [-0.05, 0) is 6.42 Å². The van der Waals surface area contributed by atoms with Crippen molar-refractivity contribution in [3.8, 4) is 0 Å². The number of alkyl halides is 3. The zero-order chi connectivity index (χ0) is 11.6. The van der Waals surface area contributed by atoms with Crippen LogP contribution in [0.4, 0.5) is 13.2 Å². The highest BCUT2D eigenvalue weighted by Crippen LogP contribution is 2.33. The number of aliphatic hydroxyl groups excluding tert-OH is 1. The summed E-state index contributed by atoms with van der Waals surface area (Å²) >= 11 is 0. The van der Waals surface area contributed by atoms with Gasteiger partial charge in [-0.15, -0.1) is 0 Å². The Balaban J connectivity index is 3.00. The lowest BCUT2D eigenvalue weighted by atomic mass is 10.0. The van der Waals surface area contributed by atoms with E-state index in [0.29, 0.717) is 6.42 Å². The van der Waals surface area contributed by atoms with Gasteiger partial charge in [0, 0.05) is 11.6 Å². The summed E-state index contributed by atoms with van der Waals surface area (Å²) in [6.07, 6.45) is -4.59. The Kier molecular flexibility index (Phi) is 3.35. The van der Waals surface area contributed by atoms with Crippen molar-refractivity contribution in [2.75, 3.05) is 0 Å². The van der Waals surface area contributed by atoms with Gasteiger partial charge in [-0.25, -0.2) is 0 Å². The molecule has 4 nitrogen and oxygen atoms in total. The summed E-state index contributed by atoms with van der Waals surface area (Å²) in [6, 6.07) is -0.733. The van der Waals surface area contributed by atoms with Crippen LogP contribution in [0.15, 0.2) is 6.20 Å². The van der Waals surface area contributed by atoms with Crippen LogP contribution in [-0.4, -0.2) is 21.3 Å². The Morgan fingerprint density at radius 3 is 2.67 bits per heavy atom. The second-order valence-corrected chi connectivity index (χ2v) is 3.22. The zero-order valence-corrected chi connectivity index (χ0v) is 8.04. The SMILES string of the molecule is CCC(N)C(O)c1cn[nH]c1C(F)(F)F. The summed E-state index contributed by atoms with van der Waals surface area (Å²) in [6.45, 7) is 1.68. The van der Waals surface area contributed by atoms with Gasteiger partial charge in [-0.2, -0.15) is 18.3 Å². The average Bonchev–Trinajstić information content (AvgIpc) is 2.63. The summed E-state index contributed by atoms with van der Waals surface area (Å²) in [5.74, 6) is 0. The number of nitrogens with two attached hydrogens (primary N) is 1. The summed E-state index contributed by atoms with van der Waals surface area (Å²) in [5, 5.41) is 14.6. The number of hydrogen-bond donors (Lipinski definition) is 3. The van der Waals surface area contributed by atoms with Gasteiger partial charge in [-0.1, -0.05) is 6.92 Å². The van der Waals surface area contributed by atoms with E-state index in [1.54, 1.807) is 6.92 Å². The summed E-state index contributed by atoms with van der Waals surface area (Å²) in [4.78, 5) is 0. The van der Waals surface area contributed by atoms with Crippen LogP contribution in [0, 0.1) is 0 Å². The smallest absolute Gasteiger partial charge is 0.387 e. The summed E-state index contributed by atoms with van der Waals surface area (Å²) in [7, 11) is 0. The molecule has 0 aliphatic rings. The lowest BCUT2D eigenvalue weighted by Crippen LogP contribution is -2.28. The summed E-state index contributed by atoms with van der Waals surface area (Å²) in [5.41, 5.74) is 4.11. The molecule has 0 aromatic carbocycles. The van der Waals surface area contributed by atoms with Crippen molar-refractivity contribution in [3.05, 3.63) is 17.5 Å². The van der Waals surface area contributed by atoms with Crippen molar-refractivity contribution in [2.24, 2.45) is 5.73 Å². The maximum atomic E-state index is 12.4. The van der Waals surface area contributed by atoms with Gasteiger partial charge in [0.15, 0.2) is 0 Å². The standard InChI is InChI=1S/C8H12F3N3O/c1-2-5(12)6(15)4-3-13-14-7(4)8(9,10)11/h3,5-6,15H,2,12H2,1H3,(H,13,14). The number of H-pyrrole nitrogens is 1. The van der Waals surface area contributed by atoms with Crippen LogP contribution in [0.3, 0.4) is 0 Å². The largest absolute Gasteiger partial charge is 0.433 e. The molecule has 4 N–H and O–H groups in total. The first-order valence-electron chi connectivity index (χ1n) is 4.42. The van der Waals surface area contributed by atoms with E-state index in [1.165, 1.54) is 0 Å². The maximum Gasteiger partial charge on any atom is 0.433 e. The fourth-order valence-electron chi connectivity index (χ4n) is 1.20. The highest BCUT2D eigenvalue weighted by molar-refractivity contribution is 5.23. The first-order valence-corrected chi connectivity index (χ1v) is 4.42. The topological polar surface area (TPSA) is 74.9 Å². The minimum atomic E-state index is -4.56. The van der Waals surface area contributed by atoms with Crippen molar-refractivity contribution in [2.45, 2.75) is 31.7 Å². The van der Waals surface area contributed by atoms with Gasteiger partial charge < -0.3 is 10.8 Å². The number of hydrogen-bond acceptors (Lipinski definition) is 3. The zero-order valence-electron chi connectivity index (χ0n) is 8.04. The third-order valence-electron chi connectivity index (χ3n) is 2.15. The maximum absolute atomic E-state index is 12.4. The Labute approximate surface area is 84.3 Å². The van der Waals surface area contributed by atoms with Crippen LogP contribution in [0.5, 0.6) is 0 Å².